The van der Waals surface area contributed by atoms with E-state index in [1.54, 1.807) is 12.1 Å². The van der Waals surface area contributed by atoms with Gasteiger partial charge in [0.25, 0.3) is 0 Å². The third-order valence-electron chi connectivity index (χ3n) is 2.73. The molecular weight excluding hydrogens is 385 g/mol. The number of phenols is 1. The quantitative estimate of drug-likeness (QED) is 0.337. The molecule has 9 heteroatoms. The smallest absolute Gasteiger partial charge is 0.115 e. The molecule has 1 N–H and O–H groups in total. The molecule has 0 saturated heterocycles. The topological polar surface area (TPSA) is 20.2 Å². The van der Waals surface area contributed by atoms with Crippen LogP contribution in [0.1, 0.15) is 12.0 Å². The van der Waals surface area contributed by atoms with Gasteiger partial charge in [0.05, 0.1) is 0 Å². The SMILES string of the molecule is F[P-](F)(F)(F)(F)F.Oc1ccc(-c2ccc(/C=C/CC[SH2+])cc2)cc1. The van der Waals surface area contributed by atoms with Crippen LogP contribution in [0.2, 0.25) is 0 Å². The predicted molar refractivity (Wildman–Crippen MR) is 95.8 cm³/mol. The van der Waals surface area contributed by atoms with Crippen LogP contribution in [0.3, 0.4) is 0 Å². The molecule has 2 aromatic carbocycles. The first-order valence-electron chi connectivity index (χ1n) is 7.01. The summed E-state index contributed by atoms with van der Waals surface area (Å²) in [6.07, 6.45) is 5.32. The molecule has 0 spiro atoms. The maximum absolute atomic E-state index is 10.7. The van der Waals surface area contributed by atoms with E-state index in [9.17, 15) is 30.3 Å². The second-order valence-electron chi connectivity index (χ2n) is 5.07. The molecule has 0 bridgehead atoms. The van der Waals surface area contributed by atoms with E-state index in [0.717, 1.165) is 23.3 Å². The van der Waals surface area contributed by atoms with Crippen LogP contribution in [0.5, 0.6) is 5.75 Å². The van der Waals surface area contributed by atoms with Crippen LogP contribution in [-0.4, -0.2) is 10.9 Å². The Morgan fingerprint density at radius 1 is 0.800 bits per heavy atom. The summed E-state index contributed by atoms with van der Waals surface area (Å²) in [6, 6.07) is 15.7. The summed E-state index contributed by atoms with van der Waals surface area (Å²) in [5.74, 6) is 1.29. The number of phenolic OH excluding ortho intramolecular Hbond substituents is 1. The van der Waals surface area contributed by atoms with E-state index >= 15 is 0 Å². The van der Waals surface area contributed by atoms with E-state index in [4.69, 9.17) is 0 Å². The second-order valence-corrected chi connectivity index (χ2v) is 7.48. The first kappa shape index (κ1) is 21.4. The summed E-state index contributed by atoms with van der Waals surface area (Å²) in [5, 5.41) is 9.26. The van der Waals surface area contributed by atoms with E-state index in [2.05, 4.69) is 49.0 Å². The molecule has 0 saturated carbocycles. The maximum atomic E-state index is 9.87. The predicted octanol–water partition coefficient (Wildman–Crippen LogP) is 6.86. The molecule has 140 valence electrons. The third kappa shape index (κ3) is 12.4. The molecule has 0 heterocycles. The minimum absolute atomic E-state index is 0.299. The van der Waals surface area contributed by atoms with E-state index in [1.807, 2.05) is 12.1 Å². The summed E-state index contributed by atoms with van der Waals surface area (Å²) in [5.41, 5.74) is 3.48. The van der Waals surface area contributed by atoms with E-state index in [0.29, 0.717) is 5.75 Å². The number of hydrogen-bond acceptors (Lipinski definition) is 1. The molecule has 0 aliphatic heterocycles. The number of rotatable bonds is 4. The molecule has 0 amide bonds. The summed E-state index contributed by atoms with van der Waals surface area (Å²) in [7, 11) is -10.7. The van der Waals surface area contributed by atoms with Gasteiger partial charge in [-0.15, -0.1) is 0 Å². The Morgan fingerprint density at radius 3 is 1.60 bits per heavy atom. The van der Waals surface area contributed by atoms with Gasteiger partial charge in [-0.05, 0) is 41.5 Å². The van der Waals surface area contributed by atoms with Gasteiger partial charge in [0.2, 0.25) is 0 Å². The third-order valence-corrected chi connectivity index (χ3v) is 3.02. The fraction of sp³-hybridized carbons (Fsp3) is 0.125. The van der Waals surface area contributed by atoms with Gasteiger partial charge >= 0.3 is 33.0 Å². The molecule has 1 nitrogen and oxygen atoms in total. The Bertz CT molecular complexity index is 698. The molecule has 0 aliphatic rings. The van der Waals surface area contributed by atoms with Crippen molar-refractivity contribution in [3.05, 3.63) is 60.2 Å². The van der Waals surface area contributed by atoms with Crippen LogP contribution < -0.4 is 0 Å². The van der Waals surface area contributed by atoms with Crippen molar-refractivity contribution in [1.29, 1.82) is 0 Å². The molecule has 0 aromatic heterocycles. The molecule has 0 fully saturated rings. The number of hydrogen-bond donors (Lipinski definition) is 1. The van der Waals surface area contributed by atoms with E-state index < -0.39 is 7.81 Å². The molecule has 0 unspecified atom stereocenters. The van der Waals surface area contributed by atoms with Gasteiger partial charge in [-0.1, -0.05) is 48.6 Å². The Morgan fingerprint density at radius 2 is 1.20 bits per heavy atom. The van der Waals surface area contributed by atoms with Gasteiger partial charge in [-0.3, -0.25) is 0 Å². The average Bonchev–Trinajstić information content (AvgIpc) is 2.46. The first-order chi connectivity index (χ1) is 11.2. The van der Waals surface area contributed by atoms with Crippen LogP contribution >= 0.6 is 7.81 Å². The molecule has 25 heavy (non-hydrogen) atoms. The molecule has 2 aromatic rings. The van der Waals surface area contributed by atoms with Crippen LogP contribution in [-0.2, 0) is 12.6 Å². The normalized spacial score (nSPS) is 14.4. The Balaban J connectivity index is 0.000000381. The van der Waals surface area contributed by atoms with Crippen LogP contribution in [0.25, 0.3) is 17.2 Å². The van der Waals surface area contributed by atoms with Crippen LogP contribution in [0, 0.1) is 0 Å². The number of benzene rings is 2. The number of aromatic hydroxyl groups is 1. The summed E-state index contributed by atoms with van der Waals surface area (Å²) in [4.78, 5) is 0. The molecule has 2 rings (SSSR count). The van der Waals surface area contributed by atoms with Gasteiger partial charge < -0.3 is 5.11 Å². The number of allylic oxidation sites excluding steroid dienone is 1. The van der Waals surface area contributed by atoms with Gasteiger partial charge in [0.15, 0.2) is 0 Å². The maximum Gasteiger partial charge on any atom is 0.115 e. The van der Waals surface area contributed by atoms with Crippen LogP contribution in [0.4, 0.5) is 25.2 Å². The molecule has 0 atom stereocenters. The van der Waals surface area contributed by atoms with Gasteiger partial charge in [-0.25, -0.2) is 0 Å². The van der Waals surface area contributed by atoms with Crippen molar-refractivity contribution in [2.75, 3.05) is 5.75 Å². The molecule has 0 radical (unpaired) electrons. The van der Waals surface area contributed by atoms with Crippen molar-refractivity contribution in [1.82, 2.24) is 0 Å². The monoisotopic (exact) mass is 402 g/mol. The van der Waals surface area contributed by atoms with Crippen molar-refractivity contribution < 1.29 is 30.3 Å². The minimum atomic E-state index is -10.7. The fourth-order valence-corrected chi connectivity index (χ4v) is 1.91. The number of halogens is 6. The summed E-state index contributed by atoms with van der Waals surface area (Å²) >= 11 is 3.44. The second kappa shape index (κ2) is 7.30. The summed E-state index contributed by atoms with van der Waals surface area (Å²) < 4.78 is 59.2. The van der Waals surface area contributed by atoms with Gasteiger partial charge in [0, 0.05) is 6.42 Å². The Hall–Kier alpha value is -1.66. The minimum Gasteiger partial charge on any atom is -0.508 e. The van der Waals surface area contributed by atoms with Gasteiger partial charge in [-0.2, -0.15) is 0 Å². The average molecular weight is 402 g/mol. The summed E-state index contributed by atoms with van der Waals surface area (Å²) in [6.45, 7) is 0. The Kier molecular flexibility index (Phi) is 6.24. The van der Waals surface area contributed by atoms with E-state index in [-0.39, 0.29) is 0 Å². The van der Waals surface area contributed by atoms with Crippen molar-refractivity contribution in [2.24, 2.45) is 0 Å². The van der Waals surface area contributed by atoms with Crippen molar-refractivity contribution in [3.63, 3.8) is 0 Å². The van der Waals surface area contributed by atoms with Crippen molar-refractivity contribution >= 4 is 26.5 Å². The zero-order chi connectivity index (χ0) is 19.2. The van der Waals surface area contributed by atoms with Crippen LogP contribution in [0.15, 0.2) is 54.6 Å². The van der Waals surface area contributed by atoms with Gasteiger partial charge in [0.1, 0.15) is 11.5 Å². The zero-order valence-electron chi connectivity index (χ0n) is 12.8. The standard InChI is InChI=1S/C16H16OS.F6P/c17-16-10-8-15(9-11-16)14-6-4-13(5-7-14)3-1-2-12-18;1-7(2,3,4,5)6/h1,3-11,17-18H,2,12H2;/q;-1/p+1/b3-1+;. The zero-order valence-corrected chi connectivity index (χ0v) is 14.7. The molecular formula is C16H17F6OPS. The molecule has 0 aliphatic carbocycles. The van der Waals surface area contributed by atoms with Crippen molar-refractivity contribution in [3.8, 4) is 16.9 Å². The largest absolute Gasteiger partial charge is 0.508 e. The van der Waals surface area contributed by atoms with E-state index in [1.165, 1.54) is 5.56 Å². The Labute approximate surface area is 146 Å². The van der Waals surface area contributed by atoms with Crippen molar-refractivity contribution in [2.45, 2.75) is 6.42 Å². The first-order valence-corrected chi connectivity index (χ1v) is 9.75. The fourth-order valence-electron chi connectivity index (χ4n) is 1.74.